The molecule has 0 radical (unpaired) electrons. The van der Waals surface area contributed by atoms with Crippen LogP contribution in [0.25, 0.3) is 0 Å². The molecule has 0 amide bonds. The summed E-state index contributed by atoms with van der Waals surface area (Å²) in [4.78, 5) is 44.6. The Hall–Kier alpha value is -2.99. The summed E-state index contributed by atoms with van der Waals surface area (Å²) in [6.07, 6.45) is 4.11. The van der Waals surface area contributed by atoms with Gasteiger partial charge < -0.3 is 14.6 Å². The highest BCUT2D eigenvalue weighted by Gasteiger charge is 2.27. The maximum Gasteiger partial charge on any atom is 0.330 e. The molecule has 0 spiro atoms. The average Bonchev–Trinajstić information content (AvgIpc) is 2.51. The first-order valence-corrected chi connectivity index (χ1v) is 5.77. The van der Waals surface area contributed by atoms with Crippen LogP contribution < -0.4 is 0 Å². The van der Waals surface area contributed by atoms with E-state index in [2.05, 4.69) is 24.7 Å². The molecule has 0 heterocycles. The number of rotatable bonds is 8. The van der Waals surface area contributed by atoms with Crippen molar-refractivity contribution >= 4 is 24.0 Å². The van der Waals surface area contributed by atoms with Gasteiger partial charge in [-0.3, -0.25) is 0 Å². The number of esters is 2. The fourth-order valence-corrected chi connectivity index (χ4v) is 0.787. The highest BCUT2D eigenvalue weighted by atomic mass is 16.5. The summed E-state index contributed by atoms with van der Waals surface area (Å²) in [6, 6.07) is 0. The zero-order valence-electron chi connectivity index (χ0n) is 12.1. The zero-order valence-corrected chi connectivity index (χ0v) is 12.1. The molecule has 0 saturated carbocycles. The summed E-state index contributed by atoms with van der Waals surface area (Å²) >= 11 is 0. The second-order valence-electron chi connectivity index (χ2n) is 3.87. The van der Waals surface area contributed by atoms with Gasteiger partial charge in [-0.05, 0) is 6.92 Å². The molecule has 0 bridgehead atoms. The van der Waals surface area contributed by atoms with Crippen molar-refractivity contribution in [2.24, 2.45) is 4.99 Å². The van der Waals surface area contributed by atoms with Gasteiger partial charge in [0, 0.05) is 18.2 Å². The van der Waals surface area contributed by atoms with E-state index in [9.17, 15) is 19.2 Å². The Balaban J connectivity index is 0. The van der Waals surface area contributed by atoms with Crippen molar-refractivity contribution < 1.29 is 33.8 Å². The van der Waals surface area contributed by atoms with Crippen LogP contribution in [0.2, 0.25) is 0 Å². The van der Waals surface area contributed by atoms with E-state index in [-0.39, 0.29) is 13.2 Å². The smallest absolute Gasteiger partial charge is 0.330 e. The normalized spacial score (nSPS) is 8.95. The quantitative estimate of drug-likeness (QED) is 0.304. The summed E-state index contributed by atoms with van der Waals surface area (Å²) in [7, 11) is 0. The summed E-state index contributed by atoms with van der Waals surface area (Å²) in [5.41, 5.74) is -1.17. The van der Waals surface area contributed by atoms with Crippen molar-refractivity contribution in [3.05, 3.63) is 38.0 Å². The third kappa shape index (κ3) is 12.1. The first-order valence-electron chi connectivity index (χ1n) is 5.77. The topological polar surface area (TPSA) is 119 Å². The molecular formula is C14H17NO7. The lowest BCUT2D eigenvalue weighted by molar-refractivity contribution is -0.143. The number of isocyanates is 1. The molecule has 8 heteroatoms. The number of hydrogen-bond donors (Lipinski definition) is 1. The first kappa shape index (κ1) is 21.3. The van der Waals surface area contributed by atoms with Crippen LogP contribution >= 0.6 is 0 Å². The fraction of sp³-hybridized carbons (Fsp3) is 0.286. The molecule has 0 aromatic carbocycles. The van der Waals surface area contributed by atoms with Gasteiger partial charge in [0.15, 0.2) is 0 Å². The number of carbonyl (C=O) groups is 3. The highest BCUT2D eigenvalue weighted by molar-refractivity contribution is 5.81. The number of aliphatic carboxylic acids is 1. The van der Waals surface area contributed by atoms with Crippen LogP contribution in [0.15, 0.2) is 43.0 Å². The molecule has 120 valence electrons. The number of carboxylic acid groups (broad SMARTS) is 1. The first-order chi connectivity index (χ1) is 10.2. The molecule has 0 aromatic rings. The van der Waals surface area contributed by atoms with Gasteiger partial charge in [-0.15, -0.1) is 0 Å². The minimum absolute atomic E-state index is 0.225. The number of hydrogen-bond acceptors (Lipinski definition) is 7. The number of nitrogens with zero attached hydrogens (tertiary/aromatic N) is 1. The van der Waals surface area contributed by atoms with Crippen LogP contribution in [0.4, 0.5) is 0 Å². The van der Waals surface area contributed by atoms with Crippen LogP contribution in [-0.2, 0) is 28.7 Å². The van der Waals surface area contributed by atoms with Crippen molar-refractivity contribution in [2.45, 2.75) is 12.5 Å². The SMILES string of the molecule is C=CC(=O)O.C=CC(=O)OCC(C)(COC(=O)C=C)N=C=O. The van der Waals surface area contributed by atoms with E-state index < -0.39 is 23.4 Å². The minimum atomic E-state index is -1.17. The van der Waals surface area contributed by atoms with Crippen LogP contribution in [0.3, 0.4) is 0 Å². The van der Waals surface area contributed by atoms with E-state index in [4.69, 9.17) is 14.6 Å². The number of ether oxygens (including phenoxy) is 2. The van der Waals surface area contributed by atoms with Gasteiger partial charge in [-0.2, -0.15) is 4.99 Å². The number of carbonyl (C=O) groups excluding carboxylic acids is 3. The molecule has 0 unspecified atom stereocenters. The summed E-state index contributed by atoms with van der Waals surface area (Å²) in [5.74, 6) is -2.30. The van der Waals surface area contributed by atoms with E-state index in [0.29, 0.717) is 0 Å². The Kier molecular flexibility index (Phi) is 11.4. The molecule has 0 aliphatic heterocycles. The summed E-state index contributed by atoms with van der Waals surface area (Å²) in [5, 5.41) is 7.60. The third-order valence-electron chi connectivity index (χ3n) is 1.87. The minimum Gasteiger partial charge on any atom is -0.478 e. The van der Waals surface area contributed by atoms with Crippen molar-refractivity contribution in [1.29, 1.82) is 0 Å². The molecule has 0 fully saturated rings. The van der Waals surface area contributed by atoms with E-state index >= 15 is 0 Å². The van der Waals surface area contributed by atoms with Crippen LogP contribution in [0, 0.1) is 0 Å². The van der Waals surface area contributed by atoms with Crippen molar-refractivity contribution in [3.63, 3.8) is 0 Å². The third-order valence-corrected chi connectivity index (χ3v) is 1.87. The van der Waals surface area contributed by atoms with Gasteiger partial charge in [0.1, 0.15) is 18.8 Å². The molecule has 0 saturated heterocycles. The number of aliphatic imine (C=N–C) groups is 1. The van der Waals surface area contributed by atoms with Gasteiger partial charge >= 0.3 is 17.9 Å². The van der Waals surface area contributed by atoms with Gasteiger partial charge in [0.25, 0.3) is 0 Å². The summed E-state index contributed by atoms with van der Waals surface area (Å²) in [6.45, 7) is 10.4. The lowest BCUT2D eigenvalue weighted by Crippen LogP contribution is -2.36. The molecule has 22 heavy (non-hydrogen) atoms. The maximum absolute atomic E-state index is 10.9. The predicted octanol–water partition coefficient (Wildman–Crippen LogP) is 0.796. The summed E-state index contributed by atoms with van der Waals surface area (Å²) < 4.78 is 9.46. The van der Waals surface area contributed by atoms with Crippen molar-refractivity contribution in [1.82, 2.24) is 0 Å². The van der Waals surface area contributed by atoms with Crippen LogP contribution in [-0.4, -0.2) is 47.8 Å². The van der Waals surface area contributed by atoms with E-state index in [1.54, 1.807) is 0 Å². The van der Waals surface area contributed by atoms with Gasteiger partial charge in [-0.25, -0.2) is 19.2 Å². The maximum atomic E-state index is 10.9. The Morgan fingerprint density at radius 3 is 1.68 bits per heavy atom. The van der Waals surface area contributed by atoms with E-state index in [0.717, 1.165) is 18.2 Å². The van der Waals surface area contributed by atoms with E-state index in [1.165, 1.54) is 13.0 Å². The van der Waals surface area contributed by atoms with Gasteiger partial charge in [0.2, 0.25) is 6.08 Å². The Morgan fingerprint density at radius 2 is 1.45 bits per heavy atom. The zero-order chi connectivity index (χ0) is 17.6. The standard InChI is InChI=1S/C11H13NO5.C3H4O2/c1-4-9(14)16-6-11(3,12-8-13)7-17-10(15)5-2;1-2-3(4)5/h4-5H,1-2,6-7H2,3H3;2H,1H2,(H,4,5). The largest absolute Gasteiger partial charge is 0.478 e. The fourth-order valence-electron chi connectivity index (χ4n) is 0.787. The van der Waals surface area contributed by atoms with E-state index in [1.807, 2.05) is 0 Å². The molecule has 0 atom stereocenters. The predicted molar refractivity (Wildman–Crippen MR) is 76.7 cm³/mol. The monoisotopic (exact) mass is 311 g/mol. The van der Waals surface area contributed by atoms with Crippen molar-refractivity contribution in [2.75, 3.05) is 13.2 Å². The number of carboxylic acids is 1. The molecule has 1 N–H and O–H groups in total. The molecular weight excluding hydrogens is 294 g/mol. The van der Waals surface area contributed by atoms with Crippen LogP contribution in [0.1, 0.15) is 6.92 Å². The Bertz CT molecular complexity index is 465. The highest BCUT2D eigenvalue weighted by Crippen LogP contribution is 2.11. The second kappa shape index (κ2) is 11.8. The lowest BCUT2D eigenvalue weighted by Gasteiger charge is -2.21. The Labute approximate surface area is 127 Å². The second-order valence-corrected chi connectivity index (χ2v) is 3.87. The van der Waals surface area contributed by atoms with Crippen LogP contribution in [0.5, 0.6) is 0 Å². The molecule has 0 aliphatic carbocycles. The van der Waals surface area contributed by atoms with Gasteiger partial charge in [0.05, 0.1) is 0 Å². The lowest BCUT2D eigenvalue weighted by atomic mass is 10.1. The molecule has 8 nitrogen and oxygen atoms in total. The average molecular weight is 311 g/mol. The molecule has 0 aromatic heterocycles. The van der Waals surface area contributed by atoms with Crippen molar-refractivity contribution in [3.8, 4) is 0 Å². The van der Waals surface area contributed by atoms with Gasteiger partial charge in [-0.1, -0.05) is 19.7 Å². The molecule has 0 rings (SSSR count). The molecule has 0 aliphatic rings. The Morgan fingerprint density at radius 1 is 1.09 bits per heavy atom.